The van der Waals surface area contributed by atoms with E-state index in [9.17, 15) is 19.8 Å². The maximum atomic E-state index is 13.0. The van der Waals surface area contributed by atoms with E-state index in [1.807, 2.05) is 0 Å². The molecular weight excluding hydrogens is 544 g/mol. The van der Waals surface area contributed by atoms with Gasteiger partial charge in [-0.15, -0.1) is 0 Å². The summed E-state index contributed by atoms with van der Waals surface area (Å²) in [5, 5.41) is 27.7. The number of hydrogen-bond donors (Lipinski definition) is 4. The second kappa shape index (κ2) is 11.6. The van der Waals surface area contributed by atoms with Gasteiger partial charge in [0, 0.05) is 61.8 Å². The quantitative estimate of drug-likeness (QED) is 0.325. The number of nitrogens with zero attached hydrogens (tertiary/aromatic N) is 2. The van der Waals surface area contributed by atoms with Gasteiger partial charge in [0.2, 0.25) is 5.91 Å². The Balaban J connectivity index is 1.07. The zero-order valence-electron chi connectivity index (χ0n) is 23.1. The Morgan fingerprint density at radius 3 is 2.36 bits per heavy atom. The average Bonchev–Trinajstić information content (AvgIpc) is 3.65. The van der Waals surface area contributed by atoms with Crippen LogP contribution >= 0.6 is 0 Å². The summed E-state index contributed by atoms with van der Waals surface area (Å²) < 4.78 is 23.0. The lowest BCUT2D eigenvalue weighted by molar-refractivity contribution is -0.184. The molecule has 2 saturated heterocycles. The third-order valence-corrected chi connectivity index (χ3v) is 8.33. The molecule has 222 valence electrons. The van der Waals surface area contributed by atoms with Gasteiger partial charge >= 0.3 is 0 Å². The SMILES string of the molecule is NC(=O)c1ccc(Oc2cc(O)cc(O)c2-c2cc(C(=O)NC3CCN(C4CCC5(CC4)OCCO5)CC3)no2)cc1. The van der Waals surface area contributed by atoms with Crippen LogP contribution in [-0.2, 0) is 9.47 Å². The highest BCUT2D eigenvalue weighted by molar-refractivity contribution is 5.94. The summed E-state index contributed by atoms with van der Waals surface area (Å²) in [5.41, 5.74) is 5.76. The first-order valence-corrected chi connectivity index (χ1v) is 14.2. The number of amides is 2. The van der Waals surface area contributed by atoms with Crippen molar-refractivity contribution >= 4 is 11.8 Å². The smallest absolute Gasteiger partial charge is 0.273 e. The molecule has 6 rings (SSSR count). The number of nitrogens with one attached hydrogen (secondary N) is 1. The monoisotopic (exact) mass is 578 g/mol. The predicted molar refractivity (Wildman–Crippen MR) is 149 cm³/mol. The van der Waals surface area contributed by atoms with Crippen LogP contribution in [0.3, 0.4) is 0 Å². The molecule has 0 unspecified atom stereocenters. The van der Waals surface area contributed by atoms with E-state index in [2.05, 4.69) is 15.4 Å². The molecule has 12 heteroatoms. The second-order valence-electron chi connectivity index (χ2n) is 11.0. The topological polar surface area (TPSA) is 170 Å². The fourth-order valence-corrected chi connectivity index (χ4v) is 6.09. The molecule has 1 spiro atoms. The molecule has 3 fully saturated rings. The highest BCUT2D eigenvalue weighted by Gasteiger charge is 2.42. The summed E-state index contributed by atoms with van der Waals surface area (Å²) in [6.45, 7) is 3.16. The number of nitrogens with two attached hydrogens (primary N) is 1. The lowest BCUT2D eigenvalue weighted by Gasteiger charge is -2.43. The summed E-state index contributed by atoms with van der Waals surface area (Å²) in [4.78, 5) is 26.9. The van der Waals surface area contributed by atoms with Gasteiger partial charge in [-0.2, -0.15) is 0 Å². The maximum absolute atomic E-state index is 13.0. The fraction of sp³-hybridized carbons (Fsp3) is 0.433. The summed E-state index contributed by atoms with van der Waals surface area (Å²) in [7, 11) is 0. The number of hydrogen-bond acceptors (Lipinski definition) is 10. The number of benzene rings is 2. The standard InChI is InChI=1S/C30H34N4O8/c31-28(37)18-1-3-22(4-2-18)41-25-16-21(35)15-24(36)27(25)26-17-23(33-42-26)29(38)32-19-7-11-34(12-8-19)20-5-9-30(10-6-20)39-13-14-40-30/h1-4,15-17,19-20,35-36H,5-14H2,(H2,31,37)(H,32,38). The highest BCUT2D eigenvalue weighted by atomic mass is 16.7. The lowest BCUT2D eigenvalue weighted by Crippen LogP contribution is -2.50. The van der Waals surface area contributed by atoms with E-state index in [0.717, 1.165) is 57.7 Å². The van der Waals surface area contributed by atoms with Crippen molar-refractivity contribution in [1.29, 1.82) is 0 Å². The van der Waals surface area contributed by atoms with E-state index in [4.69, 9.17) is 24.5 Å². The van der Waals surface area contributed by atoms with Crippen molar-refractivity contribution in [2.75, 3.05) is 26.3 Å². The van der Waals surface area contributed by atoms with Gasteiger partial charge in [-0.3, -0.25) is 9.59 Å². The van der Waals surface area contributed by atoms with Gasteiger partial charge in [-0.25, -0.2) is 0 Å². The summed E-state index contributed by atoms with van der Waals surface area (Å²) in [5.74, 6) is -1.41. The molecule has 0 atom stereocenters. The Hall–Kier alpha value is -4.13. The van der Waals surface area contributed by atoms with E-state index in [1.54, 1.807) is 0 Å². The number of ether oxygens (including phenoxy) is 3. The molecule has 42 heavy (non-hydrogen) atoms. The van der Waals surface area contributed by atoms with E-state index in [0.29, 0.717) is 30.6 Å². The molecule has 5 N–H and O–H groups in total. The molecular formula is C30H34N4O8. The van der Waals surface area contributed by atoms with E-state index < -0.39 is 5.91 Å². The number of piperidine rings is 1. The molecule has 2 aliphatic heterocycles. The molecule has 0 bridgehead atoms. The molecule has 3 aromatic rings. The van der Waals surface area contributed by atoms with Crippen molar-refractivity contribution < 1.29 is 38.5 Å². The van der Waals surface area contributed by atoms with Crippen LogP contribution in [0.25, 0.3) is 11.3 Å². The second-order valence-corrected chi connectivity index (χ2v) is 11.0. The van der Waals surface area contributed by atoms with E-state index in [1.165, 1.54) is 36.4 Å². The van der Waals surface area contributed by atoms with Crippen LogP contribution in [0.4, 0.5) is 0 Å². The van der Waals surface area contributed by atoms with Gasteiger partial charge in [0.05, 0.1) is 13.2 Å². The van der Waals surface area contributed by atoms with Gasteiger partial charge in [-0.05, 0) is 49.9 Å². The zero-order valence-corrected chi connectivity index (χ0v) is 23.1. The minimum atomic E-state index is -0.581. The molecule has 2 amide bonds. The van der Waals surface area contributed by atoms with Crippen LogP contribution < -0.4 is 15.8 Å². The molecule has 3 heterocycles. The Labute approximate surface area is 242 Å². The van der Waals surface area contributed by atoms with E-state index in [-0.39, 0.29) is 52.0 Å². The predicted octanol–water partition coefficient (Wildman–Crippen LogP) is 3.52. The summed E-state index contributed by atoms with van der Waals surface area (Å²) in [6.07, 6.45) is 5.61. The number of primary amides is 1. The van der Waals surface area contributed by atoms with Crippen LogP contribution in [0.5, 0.6) is 23.0 Å². The first kappa shape index (κ1) is 28.0. The van der Waals surface area contributed by atoms with Gasteiger partial charge in [0.1, 0.15) is 28.6 Å². The average molecular weight is 579 g/mol. The van der Waals surface area contributed by atoms with E-state index >= 15 is 0 Å². The number of aromatic hydroxyl groups is 2. The third kappa shape index (κ3) is 5.91. The molecule has 3 aliphatic rings. The molecule has 2 aromatic carbocycles. The molecule has 1 aromatic heterocycles. The molecule has 1 aliphatic carbocycles. The molecule has 1 saturated carbocycles. The highest BCUT2D eigenvalue weighted by Crippen LogP contribution is 2.43. The van der Waals surface area contributed by atoms with Gasteiger partial charge in [-0.1, -0.05) is 5.16 Å². The first-order chi connectivity index (χ1) is 20.3. The zero-order chi connectivity index (χ0) is 29.3. The van der Waals surface area contributed by atoms with Crippen LogP contribution in [0.2, 0.25) is 0 Å². The lowest BCUT2D eigenvalue weighted by atomic mass is 9.88. The number of phenols is 2. The number of phenolic OH excluding ortho intramolecular Hbond substituents is 2. The van der Waals surface area contributed by atoms with Crippen LogP contribution in [0.15, 0.2) is 47.0 Å². The Morgan fingerprint density at radius 1 is 1.00 bits per heavy atom. The Kier molecular flexibility index (Phi) is 7.76. The number of carbonyl (C=O) groups excluding carboxylic acids is 2. The van der Waals surface area contributed by atoms with Gasteiger partial charge in [0.15, 0.2) is 17.2 Å². The number of likely N-dealkylation sites (tertiary alicyclic amines) is 1. The number of carbonyl (C=O) groups is 2. The van der Waals surface area contributed by atoms with Crippen molar-refractivity contribution in [2.45, 2.75) is 56.4 Å². The number of rotatable bonds is 7. The number of aromatic nitrogens is 1. The largest absolute Gasteiger partial charge is 0.508 e. The molecule has 12 nitrogen and oxygen atoms in total. The van der Waals surface area contributed by atoms with Crippen molar-refractivity contribution in [1.82, 2.24) is 15.4 Å². The van der Waals surface area contributed by atoms with Crippen molar-refractivity contribution in [3.8, 4) is 34.3 Å². The summed E-state index contributed by atoms with van der Waals surface area (Å²) >= 11 is 0. The maximum Gasteiger partial charge on any atom is 0.273 e. The minimum absolute atomic E-state index is 0.00896. The van der Waals surface area contributed by atoms with Gasteiger partial charge in [0.25, 0.3) is 5.91 Å². The van der Waals surface area contributed by atoms with Crippen molar-refractivity contribution in [3.63, 3.8) is 0 Å². The fourth-order valence-electron chi connectivity index (χ4n) is 6.09. The first-order valence-electron chi connectivity index (χ1n) is 14.2. The van der Waals surface area contributed by atoms with Crippen LogP contribution in [0, 0.1) is 0 Å². The molecule has 0 radical (unpaired) electrons. The third-order valence-electron chi connectivity index (χ3n) is 8.33. The Bertz CT molecular complexity index is 1430. The van der Waals surface area contributed by atoms with Gasteiger partial charge < -0.3 is 44.9 Å². The minimum Gasteiger partial charge on any atom is -0.508 e. The van der Waals surface area contributed by atoms with Crippen LogP contribution in [0.1, 0.15) is 59.4 Å². The van der Waals surface area contributed by atoms with Crippen molar-refractivity contribution in [3.05, 3.63) is 53.7 Å². The van der Waals surface area contributed by atoms with Crippen molar-refractivity contribution in [2.24, 2.45) is 5.73 Å². The normalized spacial score (nSPS) is 19.6. The Morgan fingerprint density at radius 2 is 1.69 bits per heavy atom. The summed E-state index contributed by atoms with van der Waals surface area (Å²) in [6, 6.07) is 10.4. The van der Waals surface area contributed by atoms with Crippen LogP contribution in [-0.4, -0.2) is 76.3 Å².